The van der Waals surface area contributed by atoms with Crippen LogP contribution >= 0.6 is 0 Å². The molecule has 0 spiro atoms. The Bertz CT molecular complexity index is 678. The van der Waals surface area contributed by atoms with Gasteiger partial charge in [0, 0.05) is 11.5 Å². The second kappa shape index (κ2) is 4.82. The topological polar surface area (TPSA) is 17.1 Å². The van der Waals surface area contributed by atoms with Gasteiger partial charge < -0.3 is 0 Å². The van der Waals surface area contributed by atoms with Crippen LogP contribution in [0.25, 0.3) is 0 Å². The van der Waals surface area contributed by atoms with Gasteiger partial charge in [0.05, 0.1) is 0 Å². The zero-order valence-corrected chi connectivity index (χ0v) is 11.1. The quantitative estimate of drug-likeness (QED) is 0.763. The highest BCUT2D eigenvalue weighted by Crippen LogP contribution is 2.49. The first kappa shape index (κ1) is 13.0. The average molecular weight is 272 g/mol. The maximum atomic E-state index is 13.7. The van der Waals surface area contributed by atoms with Crippen LogP contribution in [-0.4, -0.2) is 5.78 Å². The van der Waals surface area contributed by atoms with Crippen molar-refractivity contribution < 1.29 is 13.6 Å². The summed E-state index contributed by atoms with van der Waals surface area (Å²) in [7, 11) is 0. The van der Waals surface area contributed by atoms with Crippen molar-refractivity contribution in [2.45, 2.75) is 19.3 Å². The lowest BCUT2D eigenvalue weighted by Gasteiger charge is -2.04. The number of ketones is 1. The Morgan fingerprint density at radius 3 is 2.55 bits per heavy atom. The predicted molar refractivity (Wildman–Crippen MR) is 72.7 cm³/mol. The van der Waals surface area contributed by atoms with Gasteiger partial charge in [0.1, 0.15) is 11.6 Å². The summed E-state index contributed by atoms with van der Waals surface area (Å²) in [6.07, 6.45) is 0.663. The van der Waals surface area contributed by atoms with E-state index in [2.05, 4.69) is 0 Å². The zero-order valence-electron chi connectivity index (χ0n) is 11.1. The minimum atomic E-state index is -0.317. The van der Waals surface area contributed by atoms with Crippen LogP contribution in [0.5, 0.6) is 0 Å². The first-order valence-corrected chi connectivity index (χ1v) is 6.62. The number of Topliss-reactive ketones (excluding diaryl/α,β-unsaturated/α-hetero) is 1. The van der Waals surface area contributed by atoms with Crippen LogP contribution in [0.2, 0.25) is 0 Å². The molecule has 2 unspecified atom stereocenters. The number of aryl methyl sites for hydroxylation is 1. The highest BCUT2D eigenvalue weighted by atomic mass is 19.1. The molecule has 1 nitrogen and oxygen atoms in total. The summed E-state index contributed by atoms with van der Waals surface area (Å²) in [5.41, 5.74) is 1.57. The van der Waals surface area contributed by atoms with E-state index in [4.69, 9.17) is 0 Å². The van der Waals surface area contributed by atoms with E-state index < -0.39 is 0 Å². The van der Waals surface area contributed by atoms with Gasteiger partial charge in [-0.05, 0) is 54.7 Å². The fourth-order valence-electron chi connectivity index (χ4n) is 2.62. The molecule has 1 fully saturated rings. The van der Waals surface area contributed by atoms with Gasteiger partial charge in [-0.2, -0.15) is 0 Å². The first-order chi connectivity index (χ1) is 9.58. The van der Waals surface area contributed by atoms with E-state index in [1.807, 2.05) is 0 Å². The molecule has 1 aliphatic carbocycles. The molecule has 0 saturated heterocycles. The summed E-state index contributed by atoms with van der Waals surface area (Å²) in [5.74, 6) is -0.835. The molecule has 102 valence electrons. The summed E-state index contributed by atoms with van der Waals surface area (Å²) in [4.78, 5) is 12.3. The number of benzene rings is 2. The van der Waals surface area contributed by atoms with Gasteiger partial charge in [-0.25, -0.2) is 8.78 Å². The molecule has 2 atom stereocenters. The minimum absolute atomic E-state index is 0.0265. The molecular weight excluding hydrogens is 258 g/mol. The van der Waals surface area contributed by atoms with E-state index in [0.717, 1.165) is 0 Å². The molecule has 0 bridgehead atoms. The molecule has 0 heterocycles. The predicted octanol–water partition coefficient (Wildman–Crippen LogP) is 4.26. The Balaban J connectivity index is 1.81. The Hall–Kier alpha value is -2.03. The summed E-state index contributed by atoms with van der Waals surface area (Å²) in [6, 6.07) is 10.9. The number of carbonyl (C=O) groups excluding carboxylic acids is 1. The number of rotatable bonds is 3. The van der Waals surface area contributed by atoms with Crippen molar-refractivity contribution in [1.82, 2.24) is 0 Å². The standard InChI is InChI=1S/C17H14F2O/c1-10-8-11(6-7-15(10)18)17(20)14-9-13(14)12-4-2-3-5-16(12)19/h2-8,13-14H,9H2,1H3. The number of hydrogen-bond acceptors (Lipinski definition) is 1. The van der Waals surface area contributed by atoms with Crippen molar-refractivity contribution in [3.05, 3.63) is 70.8 Å². The molecule has 0 aromatic heterocycles. The molecule has 2 aromatic rings. The largest absolute Gasteiger partial charge is 0.294 e. The van der Waals surface area contributed by atoms with Crippen molar-refractivity contribution >= 4 is 5.78 Å². The van der Waals surface area contributed by atoms with Gasteiger partial charge in [-0.3, -0.25) is 4.79 Å². The maximum Gasteiger partial charge on any atom is 0.166 e. The fraction of sp³-hybridized carbons (Fsp3) is 0.235. The zero-order chi connectivity index (χ0) is 14.3. The van der Waals surface area contributed by atoms with E-state index in [0.29, 0.717) is 23.1 Å². The third-order valence-electron chi connectivity index (χ3n) is 3.87. The highest BCUT2D eigenvalue weighted by Gasteiger charge is 2.45. The highest BCUT2D eigenvalue weighted by molar-refractivity contribution is 6.00. The van der Waals surface area contributed by atoms with Crippen molar-refractivity contribution in [1.29, 1.82) is 0 Å². The van der Waals surface area contributed by atoms with Crippen molar-refractivity contribution in [3.8, 4) is 0 Å². The lowest BCUT2D eigenvalue weighted by Crippen LogP contribution is -2.04. The Kier molecular flexibility index (Phi) is 3.13. The maximum absolute atomic E-state index is 13.7. The number of carbonyl (C=O) groups is 1. The van der Waals surface area contributed by atoms with Crippen molar-refractivity contribution in [3.63, 3.8) is 0 Å². The molecule has 3 rings (SSSR count). The average Bonchev–Trinajstić information content (AvgIpc) is 3.22. The van der Waals surface area contributed by atoms with E-state index in [1.165, 1.54) is 18.2 Å². The van der Waals surface area contributed by atoms with E-state index >= 15 is 0 Å². The molecule has 0 amide bonds. The smallest absolute Gasteiger partial charge is 0.166 e. The summed E-state index contributed by atoms with van der Waals surface area (Å²) in [6.45, 7) is 1.63. The summed E-state index contributed by atoms with van der Waals surface area (Å²) in [5, 5.41) is 0. The fourth-order valence-corrected chi connectivity index (χ4v) is 2.62. The number of hydrogen-bond donors (Lipinski definition) is 0. The molecule has 1 saturated carbocycles. The van der Waals surface area contributed by atoms with E-state index in [1.54, 1.807) is 31.2 Å². The van der Waals surface area contributed by atoms with E-state index in [9.17, 15) is 13.6 Å². The van der Waals surface area contributed by atoms with Gasteiger partial charge in [0.15, 0.2) is 5.78 Å². The van der Waals surface area contributed by atoms with Crippen LogP contribution in [0.1, 0.15) is 33.8 Å². The second-order valence-corrected chi connectivity index (χ2v) is 5.30. The molecule has 2 aromatic carbocycles. The lowest BCUT2D eigenvalue weighted by molar-refractivity contribution is 0.0965. The van der Waals surface area contributed by atoms with Crippen LogP contribution in [-0.2, 0) is 0 Å². The van der Waals surface area contributed by atoms with Crippen molar-refractivity contribution in [2.24, 2.45) is 5.92 Å². The summed E-state index contributed by atoms with van der Waals surface area (Å²) >= 11 is 0. The molecule has 1 aliphatic rings. The minimum Gasteiger partial charge on any atom is -0.294 e. The Morgan fingerprint density at radius 2 is 1.85 bits per heavy atom. The van der Waals surface area contributed by atoms with Gasteiger partial charge >= 0.3 is 0 Å². The third kappa shape index (κ3) is 2.24. The Morgan fingerprint density at radius 1 is 1.10 bits per heavy atom. The number of halogens is 2. The SMILES string of the molecule is Cc1cc(C(=O)C2CC2c2ccccc2F)ccc1F. The van der Waals surface area contributed by atoms with Crippen LogP contribution in [0.15, 0.2) is 42.5 Å². The van der Waals surface area contributed by atoms with Gasteiger partial charge in [0.25, 0.3) is 0 Å². The molecular formula is C17H14F2O. The second-order valence-electron chi connectivity index (χ2n) is 5.30. The molecule has 3 heteroatoms. The van der Waals surface area contributed by atoms with Crippen LogP contribution in [0.4, 0.5) is 8.78 Å². The molecule has 0 N–H and O–H groups in total. The lowest BCUT2D eigenvalue weighted by atomic mass is 10.0. The monoisotopic (exact) mass is 272 g/mol. The van der Waals surface area contributed by atoms with Crippen molar-refractivity contribution in [2.75, 3.05) is 0 Å². The molecule has 20 heavy (non-hydrogen) atoms. The molecule has 0 aliphatic heterocycles. The third-order valence-corrected chi connectivity index (χ3v) is 3.87. The van der Waals surface area contributed by atoms with E-state index in [-0.39, 0.29) is 29.3 Å². The Labute approximate surface area is 116 Å². The van der Waals surface area contributed by atoms with Gasteiger partial charge in [0.2, 0.25) is 0 Å². The first-order valence-electron chi connectivity index (χ1n) is 6.62. The van der Waals surface area contributed by atoms with Gasteiger partial charge in [-0.15, -0.1) is 0 Å². The van der Waals surface area contributed by atoms with Crippen LogP contribution in [0, 0.1) is 24.5 Å². The van der Waals surface area contributed by atoms with Crippen LogP contribution in [0.3, 0.4) is 0 Å². The summed E-state index contributed by atoms with van der Waals surface area (Å²) < 4.78 is 26.9. The van der Waals surface area contributed by atoms with Crippen LogP contribution < -0.4 is 0 Å². The molecule has 0 radical (unpaired) electrons. The van der Waals surface area contributed by atoms with Gasteiger partial charge in [-0.1, -0.05) is 18.2 Å². The normalized spacial score (nSPS) is 20.8.